The lowest BCUT2D eigenvalue weighted by Gasteiger charge is -2.14. The fraction of sp³-hybridized carbons (Fsp3) is 0.368. The predicted molar refractivity (Wildman–Crippen MR) is 90.2 cm³/mol. The second kappa shape index (κ2) is 6.66. The monoisotopic (exact) mass is 283 g/mol. The Bertz CT molecular complexity index is 597. The molecule has 21 heavy (non-hydrogen) atoms. The molecule has 0 aromatic heterocycles. The molecule has 1 N–H and O–H groups in total. The van der Waals surface area contributed by atoms with Gasteiger partial charge in [0.25, 0.3) is 0 Å². The van der Waals surface area contributed by atoms with Crippen LogP contribution in [0.3, 0.4) is 0 Å². The number of benzene rings is 2. The van der Waals surface area contributed by atoms with Crippen LogP contribution in [-0.4, -0.2) is 6.10 Å². The van der Waals surface area contributed by atoms with Crippen LogP contribution in [0.2, 0.25) is 0 Å². The molecular weight excluding hydrogens is 258 g/mol. The summed E-state index contributed by atoms with van der Waals surface area (Å²) in [6.45, 7) is 11.3. The predicted octanol–water partition coefficient (Wildman–Crippen LogP) is 5.01. The molecular formula is C19H25NO. The lowest BCUT2D eigenvalue weighted by molar-refractivity contribution is 0.242. The normalized spacial score (nSPS) is 10.8. The summed E-state index contributed by atoms with van der Waals surface area (Å²) in [7, 11) is 0. The third kappa shape index (κ3) is 4.52. The van der Waals surface area contributed by atoms with Crippen LogP contribution < -0.4 is 10.1 Å². The molecule has 0 atom stereocenters. The van der Waals surface area contributed by atoms with E-state index in [9.17, 15) is 0 Å². The van der Waals surface area contributed by atoms with Crippen LogP contribution >= 0.6 is 0 Å². The molecule has 2 nitrogen and oxygen atoms in total. The zero-order valence-electron chi connectivity index (χ0n) is 13.7. The Morgan fingerprint density at radius 3 is 2.19 bits per heavy atom. The fourth-order valence-electron chi connectivity index (χ4n) is 2.55. The Morgan fingerprint density at radius 1 is 0.952 bits per heavy atom. The van der Waals surface area contributed by atoms with E-state index < -0.39 is 0 Å². The molecule has 2 rings (SSSR count). The minimum atomic E-state index is 0.207. The fourth-order valence-corrected chi connectivity index (χ4v) is 2.55. The Balaban J connectivity index is 2.06. The van der Waals surface area contributed by atoms with Crippen molar-refractivity contribution in [1.29, 1.82) is 0 Å². The first-order chi connectivity index (χ1) is 9.94. The number of anilines is 1. The Morgan fingerprint density at radius 2 is 1.62 bits per heavy atom. The Hall–Kier alpha value is -1.96. The molecule has 0 aliphatic heterocycles. The molecule has 0 radical (unpaired) electrons. The van der Waals surface area contributed by atoms with Gasteiger partial charge in [-0.25, -0.2) is 0 Å². The molecule has 0 aliphatic carbocycles. The molecule has 0 aliphatic rings. The molecule has 0 unspecified atom stereocenters. The van der Waals surface area contributed by atoms with Crippen LogP contribution in [0, 0.1) is 20.8 Å². The maximum absolute atomic E-state index is 5.72. The highest BCUT2D eigenvalue weighted by Crippen LogP contribution is 2.23. The number of aryl methyl sites for hydroxylation is 3. The van der Waals surface area contributed by atoms with Gasteiger partial charge in [-0.1, -0.05) is 29.3 Å². The third-order valence-electron chi connectivity index (χ3n) is 3.33. The molecule has 0 saturated heterocycles. The summed E-state index contributed by atoms with van der Waals surface area (Å²) in [4.78, 5) is 0. The minimum Gasteiger partial charge on any atom is -0.491 e. The second-order valence-electron chi connectivity index (χ2n) is 5.99. The molecule has 2 aromatic carbocycles. The largest absolute Gasteiger partial charge is 0.491 e. The average molecular weight is 283 g/mol. The summed E-state index contributed by atoms with van der Waals surface area (Å²) in [5.41, 5.74) is 6.30. The van der Waals surface area contributed by atoms with Gasteiger partial charge < -0.3 is 10.1 Å². The first-order valence-corrected chi connectivity index (χ1v) is 7.52. The Kier molecular flexibility index (Phi) is 4.89. The molecule has 0 spiro atoms. The van der Waals surface area contributed by atoms with Crippen molar-refractivity contribution in [2.45, 2.75) is 47.3 Å². The van der Waals surface area contributed by atoms with E-state index in [1.54, 1.807) is 0 Å². The van der Waals surface area contributed by atoms with Crippen molar-refractivity contribution in [2.75, 3.05) is 5.32 Å². The molecule has 0 saturated carbocycles. The van der Waals surface area contributed by atoms with E-state index in [1.807, 2.05) is 19.9 Å². The zero-order chi connectivity index (χ0) is 15.4. The van der Waals surface area contributed by atoms with Crippen LogP contribution in [0.1, 0.15) is 36.1 Å². The van der Waals surface area contributed by atoms with Gasteiger partial charge >= 0.3 is 0 Å². The van der Waals surface area contributed by atoms with E-state index in [0.717, 1.165) is 18.0 Å². The van der Waals surface area contributed by atoms with Crippen molar-refractivity contribution in [3.63, 3.8) is 0 Å². The second-order valence-corrected chi connectivity index (χ2v) is 5.99. The molecule has 2 aromatic rings. The van der Waals surface area contributed by atoms with Crippen LogP contribution in [-0.2, 0) is 6.54 Å². The molecule has 0 bridgehead atoms. The SMILES string of the molecule is Cc1cc(C)cc(CNc2ccc(OC(C)C)cc2C)c1. The maximum atomic E-state index is 5.72. The van der Waals surface area contributed by atoms with Crippen molar-refractivity contribution in [3.8, 4) is 5.75 Å². The summed E-state index contributed by atoms with van der Waals surface area (Å²) < 4.78 is 5.72. The van der Waals surface area contributed by atoms with E-state index in [-0.39, 0.29) is 6.10 Å². The Labute approximate surface area is 128 Å². The van der Waals surface area contributed by atoms with Gasteiger partial charge in [-0.2, -0.15) is 0 Å². The quantitative estimate of drug-likeness (QED) is 0.832. The first-order valence-electron chi connectivity index (χ1n) is 7.52. The number of hydrogen-bond donors (Lipinski definition) is 1. The standard InChI is InChI=1S/C19H25NO/c1-13(2)21-18-6-7-19(16(5)11-18)20-12-17-9-14(3)8-15(4)10-17/h6-11,13,20H,12H2,1-5H3. The smallest absolute Gasteiger partial charge is 0.120 e. The van der Waals surface area contributed by atoms with Gasteiger partial charge in [0.15, 0.2) is 0 Å². The van der Waals surface area contributed by atoms with Gasteiger partial charge in [-0.05, 0) is 63.9 Å². The number of ether oxygens (including phenoxy) is 1. The molecule has 0 amide bonds. The van der Waals surface area contributed by atoms with Gasteiger partial charge in [-0.15, -0.1) is 0 Å². The summed E-state index contributed by atoms with van der Waals surface area (Å²) in [5, 5.41) is 3.51. The van der Waals surface area contributed by atoms with E-state index in [0.29, 0.717) is 0 Å². The van der Waals surface area contributed by atoms with Crippen molar-refractivity contribution in [2.24, 2.45) is 0 Å². The van der Waals surface area contributed by atoms with E-state index in [2.05, 4.69) is 56.4 Å². The summed E-state index contributed by atoms with van der Waals surface area (Å²) in [6, 6.07) is 12.9. The zero-order valence-corrected chi connectivity index (χ0v) is 13.7. The highest BCUT2D eigenvalue weighted by molar-refractivity contribution is 5.54. The maximum Gasteiger partial charge on any atom is 0.120 e. The molecule has 2 heteroatoms. The minimum absolute atomic E-state index is 0.207. The first kappa shape index (κ1) is 15.4. The van der Waals surface area contributed by atoms with E-state index in [1.165, 1.54) is 22.3 Å². The summed E-state index contributed by atoms with van der Waals surface area (Å²) in [6.07, 6.45) is 0.207. The van der Waals surface area contributed by atoms with Gasteiger partial charge in [0.05, 0.1) is 6.10 Å². The summed E-state index contributed by atoms with van der Waals surface area (Å²) >= 11 is 0. The van der Waals surface area contributed by atoms with Crippen molar-refractivity contribution < 1.29 is 4.74 Å². The van der Waals surface area contributed by atoms with E-state index in [4.69, 9.17) is 4.74 Å². The number of hydrogen-bond acceptors (Lipinski definition) is 2. The van der Waals surface area contributed by atoms with Crippen molar-refractivity contribution >= 4 is 5.69 Å². The van der Waals surface area contributed by atoms with E-state index >= 15 is 0 Å². The van der Waals surface area contributed by atoms with Gasteiger partial charge in [0, 0.05) is 12.2 Å². The number of nitrogens with one attached hydrogen (secondary N) is 1. The highest BCUT2D eigenvalue weighted by atomic mass is 16.5. The molecule has 112 valence electrons. The van der Waals surface area contributed by atoms with Crippen molar-refractivity contribution in [3.05, 3.63) is 58.7 Å². The van der Waals surface area contributed by atoms with Crippen LogP contribution in [0.4, 0.5) is 5.69 Å². The topological polar surface area (TPSA) is 21.3 Å². The van der Waals surface area contributed by atoms with Crippen LogP contribution in [0.5, 0.6) is 5.75 Å². The van der Waals surface area contributed by atoms with Crippen molar-refractivity contribution in [1.82, 2.24) is 0 Å². The summed E-state index contributed by atoms with van der Waals surface area (Å²) in [5.74, 6) is 0.930. The average Bonchev–Trinajstić information content (AvgIpc) is 2.36. The molecule has 0 fully saturated rings. The van der Waals surface area contributed by atoms with Gasteiger partial charge in [0.2, 0.25) is 0 Å². The van der Waals surface area contributed by atoms with Gasteiger partial charge in [-0.3, -0.25) is 0 Å². The van der Waals surface area contributed by atoms with Crippen LogP contribution in [0.15, 0.2) is 36.4 Å². The molecule has 0 heterocycles. The van der Waals surface area contributed by atoms with Crippen LogP contribution in [0.25, 0.3) is 0 Å². The lowest BCUT2D eigenvalue weighted by atomic mass is 10.1. The lowest BCUT2D eigenvalue weighted by Crippen LogP contribution is -2.06. The van der Waals surface area contributed by atoms with Gasteiger partial charge in [0.1, 0.15) is 5.75 Å². The number of rotatable bonds is 5. The highest BCUT2D eigenvalue weighted by Gasteiger charge is 2.03. The third-order valence-corrected chi connectivity index (χ3v) is 3.33.